The summed E-state index contributed by atoms with van der Waals surface area (Å²) in [5.74, 6) is 0. The Labute approximate surface area is 151 Å². The Kier molecular flexibility index (Phi) is 3.66. The average Bonchev–Trinajstić information content (AvgIpc) is 2.93. The van der Waals surface area contributed by atoms with Crippen LogP contribution in [0, 0.1) is 27.7 Å². The molecule has 2 aromatic heterocycles. The Morgan fingerprint density at radius 3 is 2.62 bits per heavy atom. The molecule has 3 heterocycles. The molecule has 0 aliphatic carbocycles. The van der Waals surface area contributed by atoms with E-state index in [0.29, 0.717) is 6.54 Å². The van der Waals surface area contributed by atoms with Gasteiger partial charge in [-0.1, -0.05) is 29.8 Å². The van der Waals surface area contributed by atoms with Crippen molar-refractivity contribution < 1.29 is 0 Å². The normalized spacial score (nSPS) is 13.3. The van der Waals surface area contributed by atoms with Gasteiger partial charge in [0.2, 0.25) is 0 Å². The minimum absolute atomic E-state index is 0.676. The predicted molar refractivity (Wildman–Crippen MR) is 103 cm³/mol. The first-order valence-electron chi connectivity index (χ1n) is 8.07. The lowest BCUT2D eigenvalue weighted by atomic mass is 10.00. The van der Waals surface area contributed by atoms with E-state index in [2.05, 4.69) is 44.4 Å². The standard InChI is InChI=1S/C20H19ClN2S/c1-11-9-15-10-22-19(16-7-5-6-8-17(16)21)18-12(2)14(4)24-20(18)23(15)13(11)3/h5-9H,10H2,1-4H3. The van der Waals surface area contributed by atoms with E-state index in [0.717, 1.165) is 16.3 Å². The second-order valence-electron chi connectivity index (χ2n) is 6.35. The quantitative estimate of drug-likeness (QED) is 0.527. The molecular formula is C20H19ClN2S. The first-order chi connectivity index (χ1) is 11.5. The molecule has 122 valence electrons. The molecule has 0 amide bonds. The van der Waals surface area contributed by atoms with Crippen molar-refractivity contribution in [3.63, 3.8) is 0 Å². The van der Waals surface area contributed by atoms with Gasteiger partial charge in [0.05, 0.1) is 12.3 Å². The lowest BCUT2D eigenvalue weighted by Gasteiger charge is -2.11. The second-order valence-corrected chi connectivity index (χ2v) is 7.96. The van der Waals surface area contributed by atoms with Crippen LogP contribution in [-0.2, 0) is 6.54 Å². The molecule has 3 aromatic rings. The van der Waals surface area contributed by atoms with Gasteiger partial charge >= 0.3 is 0 Å². The van der Waals surface area contributed by atoms with Gasteiger partial charge in [-0.15, -0.1) is 11.3 Å². The van der Waals surface area contributed by atoms with Crippen LogP contribution in [0.25, 0.3) is 5.00 Å². The first-order valence-corrected chi connectivity index (χ1v) is 9.26. The molecule has 0 bridgehead atoms. The van der Waals surface area contributed by atoms with Gasteiger partial charge in [0.1, 0.15) is 5.00 Å². The Morgan fingerprint density at radius 1 is 1.12 bits per heavy atom. The fourth-order valence-electron chi connectivity index (χ4n) is 3.37. The van der Waals surface area contributed by atoms with E-state index in [1.54, 1.807) is 0 Å². The van der Waals surface area contributed by atoms with E-state index < -0.39 is 0 Å². The van der Waals surface area contributed by atoms with Crippen molar-refractivity contribution in [3.05, 3.63) is 73.9 Å². The fourth-order valence-corrected chi connectivity index (χ4v) is 4.84. The third-order valence-electron chi connectivity index (χ3n) is 4.91. The fraction of sp³-hybridized carbons (Fsp3) is 0.250. The summed E-state index contributed by atoms with van der Waals surface area (Å²) in [6.07, 6.45) is 0. The summed E-state index contributed by atoms with van der Waals surface area (Å²) >= 11 is 8.34. The third-order valence-corrected chi connectivity index (χ3v) is 6.43. The summed E-state index contributed by atoms with van der Waals surface area (Å²) < 4.78 is 2.38. The SMILES string of the molecule is Cc1cc2n(c1C)-c1sc(C)c(C)c1C(c1ccccc1Cl)=NC2. The molecule has 2 nitrogen and oxygen atoms in total. The molecule has 4 rings (SSSR count). The largest absolute Gasteiger partial charge is 0.307 e. The van der Waals surface area contributed by atoms with Gasteiger partial charge in [0, 0.05) is 32.4 Å². The minimum atomic E-state index is 0.676. The molecule has 0 saturated carbocycles. The van der Waals surface area contributed by atoms with Crippen molar-refractivity contribution in [2.45, 2.75) is 34.2 Å². The number of aromatic nitrogens is 1. The Hall–Kier alpha value is -1.84. The van der Waals surface area contributed by atoms with Crippen molar-refractivity contribution in [2.75, 3.05) is 0 Å². The maximum atomic E-state index is 6.49. The molecule has 0 saturated heterocycles. The summed E-state index contributed by atoms with van der Waals surface area (Å²) in [5, 5.41) is 2.02. The van der Waals surface area contributed by atoms with Crippen molar-refractivity contribution >= 4 is 28.6 Å². The van der Waals surface area contributed by atoms with Gasteiger partial charge < -0.3 is 4.57 Å². The predicted octanol–water partition coefficient (Wildman–Crippen LogP) is 5.78. The minimum Gasteiger partial charge on any atom is -0.307 e. The average molecular weight is 355 g/mol. The number of halogens is 1. The van der Waals surface area contributed by atoms with Crippen LogP contribution in [0.1, 0.15) is 38.5 Å². The van der Waals surface area contributed by atoms with Crippen LogP contribution >= 0.6 is 22.9 Å². The molecule has 0 spiro atoms. The maximum Gasteiger partial charge on any atom is 0.110 e. The topological polar surface area (TPSA) is 17.3 Å². The number of thiophene rings is 1. The van der Waals surface area contributed by atoms with E-state index in [-0.39, 0.29) is 0 Å². The summed E-state index contributed by atoms with van der Waals surface area (Å²) in [6.45, 7) is 9.41. The van der Waals surface area contributed by atoms with Crippen LogP contribution in [0.2, 0.25) is 5.02 Å². The molecule has 0 N–H and O–H groups in total. The smallest absolute Gasteiger partial charge is 0.110 e. The van der Waals surface area contributed by atoms with Crippen molar-refractivity contribution in [2.24, 2.45) is 4.99 Å². The number of benzene rings is 1. The highest BCUT2D eigenvalue weighted by molar-refractivity contribution is 7.15. The second kappa shape index (κ2) is 5.61. The molecule has 1 aromatic carbocycles. The van der Waals surface area contributed by atoms with Gasteiger partial charge in [0.15, 0.2) is 0 Å². The number of aliphatic imine (C=N–C) groups is 1. The first kappa shape index (κ1) is 15.7. The summed E-state index contributed by atoms with van der Waals surface area (Å²) in [4.78, 5) is 6.32. The Balaban J connectivity index is 2.06. The van der Waals surface area contributed by atoms with Crippen molar-refractivity contribution in [1.82, 2.24) is 4.57 Å². The lowest BCUT2D eigenvalue weighted by Crippen LogP contribution is -2.07. The Bertz CT molecular complexity index is 991. The van der Waals surface area contributed by atoms with Crippen LogP contribution in [0.15, 0.2) is 35.3 Å². The van der Waals surface area contributed by atoms with Gasteiger partial charge in [-0.25, -0.2) is 0 Å². The van der Waals surface area contributed by atoms with E-state index in [4.69, 9.17) is 16.6 Å². The summed E-state index contributed by atoms with van der Waals surface area (Å²) in [6, 6.07) is 10.2. The number of nitrogens with zero attached hydrogens (tertiary/aromatic N) is 2. The van der Waals surface area contributed by atoms with Gasteiger partial charge in [-0.3, -0.25) is 4.99 Å². The number of hydrogen-bond acceptors (Lipinski definition) is 2. The van der Waals surface area contributed by atoms with Gasteiger partial charge in [-0.2, -0.15) is 0 Å². The van der Waals surface area contributed by atoms with E-state index >= 15 is 0 Å². The third kappa shape index (κ3) is 2.19. The number of rotatable bonds is 1. The monoisotopic (exact) mass is 354 g/mol. The van der Waals surface area contributed by atoms with Crippen LogP contribution in [0.3, 0.4) is 0 Å². The highest BCUT2D eigenvalue weighted by atomic mass is 35.5. The Morgan fingerprint density at radius 2 is 1.88 bits per heavy atom. The number of fused-ring (bicyclic) bond motifs is 3. The van der Waals surface area contributed by atoms with Gasteiger partial charge in [-0.05, 0) is 51.0 Å². The van der Waals surface area contributed by atoms with Crippen LogP contribution in [0.4, 0.5) is 0 Å². The van der Waals surface area contributed by atoms with Gasteiger partial charge in [0.25, 0.3) is 0 Å². The molecule has 1 aliphatic rings. The van der Waals surface area contributed by atoms with Crippen LogP contribution < -0.4 is 0 Å². The zero-order valence-electron chi connectivity index (χ0n) is 14.3. The molecule has 0 fully saturated rings. The zero-order valence-corrected chi connectivity index (χ0v) is 15.8. The molecule has 0 radical (unpaired) electrons. The van der Waals surface area contributed by atoms with Crippen LogP contribution in [0.5, 0.6) is 0 Å². The number of hydrogen-bond donors (Lipinski definition) is 0. The molecule has 1 aliphatic heterocycles. The molecule has 24 heavy (non-hydrogen) atoms. The highest BCUT2D eigenvalue weighted by Gasteiger charge is 2.26. The maximum absolute atomic E-state index is 6.49. The van der Waals surface area contributed by atoms with E-state index in [1.165, 1.54) is 38.0 Å². The molecule has 0 atom stereocenters. The molecule has 4 heteroatoms. The molecular weight excluding hydrogens is 336 g/mol. The highest BCUT2D eigenvalue weighted by Crippen LogP contribution is 2.38. The zero-order chi connectivity index (χ0) is 17.0. The number of aryl methyl sites for hydroxylation is 2. The van der Waals surface area contributed by atoms with E-state index in [9.17, 15) is 0 Å². The van der Waals surface area contributed by atoms with Crippen LogP contribution in [-0.4, -0.2) is 10.3 Å². The summed E-state index contributed by atoms with van der Waals surface area (Å²) in [7, 11) is 0. The van der Waals surface area contributed by atoms with Crippen molar-refractivity contribution in [1.29, 1.82) is 0 Å². The van der Waals surface area contributed by atoms with E-state index in [1.807, 2.05) is 29.5 Å². The van der Waals surface area contributed by atoms with Crippen molar-refractivity contribution in [3.8, 4) is 5.00 Å². The molecule has 0 unspecified atom stereocenters. The summed E-state index contributed by atoms with van der Waals surface area (Å²) in [5.41, 5.74) is 8.41. The lowest BCUT2D eigenvalue weighted by molar-refractivity contribution is 0.908.